The molecule has 0 fully saturated rings. The molecule has 0 radical (unpaired) electrons. The topological polar surface area (TPSA) is 138 Å². The van der Waals surface area contributed by atoms with Gasteiger partial charge in [-0.25, -0.2) is 9.48 Å². The lowest BCUT2D eigenvalue weighted by Crippen LogP contribution is -2.19. The minimum absolute atomic E-state index is 0.0151. The third-order valence-corrected chi connectivity index (χ3v) is 5.29. The number of carbonyl (C=O) groups excluding carboxylic acids is 2. The van der Waals surface area contributed by atoms with Crippen LogP contribution in [0.4, 0.5) is 5.69 Å². The minimum atomic E-state index is -0.625. The first-order valence-electron chi connectivity index (χ1n) is 7.76. The van der Waals surface area contributed by atoms with Crippen LogP contribution in [0.15, 0.2) is 33.5 Å². The fourth-order valence-electron chi connectivity index (χ4n) is 2.12. The van der Waals surface area contributed by atoms with E-state index < -0.39 is 5.97 Å². The van der Waals surface area contributed by atoms with E-state index in [0.717, 1.165) is 23.3 Å². The summed E-state index contributed by atoms with van der Waals surface area (Å²) in [5.74, 6) is -1.01. The molecular formula is C15H15N7O3S2. The number of ether oxygens (including phenoxy) is 1. The Bertz CT molecular complexity index is 985. The van der Waals surface area contributed by atoms with E-state index in [0.29, 0.717) is 20.6 Å². The zero-order valence-corrected chi connectivity index (χ0v) is 16.0. The molecule has 3 aromatic rings. The molecule has 0 saturated heterocycles. The van der Waals surface area contributed by atoms with Crippen LogP contribution in [0.3, 0.4) is 0 Å². The van der Waals surface area contributed by atoms with Crippen LogP contribution in [0.1, 0.15) is 27.9 Å². The lowest BCUT2D eigenvalue weighted by molar-refractivity contribution is 0.0515. The van der Waals surface area contributed by atoms with E-state index in [-0.39, 0.29) is 23.9 Å². The van der Waals surface area contributed by atoms with Crippen molar-refractivity contribution >= 4 is 40.9 Å². The molecule has 0 atom stereocenters. The number of rotatable bonds is 6. The number of anilines is 1. The molecule has 140 valence electrons. The van der Waals surface area contributed by atoms with Gasteiger partial charge in [0.25, 0.3) is 5.91 Å². The van der Waals surface area contributed by atoms with E-state index in [9.17, 15) is 9.59 Å². The second-order valence-electron chi connectivity index (χ2n) is 5.02. The Morgan fingerprint density at radius 1 is 1.30 bits per heavy atom. The maximum absolute atomic E-state index is 12.3. The Balaban J connectivity index is 2.10. The molecule has 10 nitrogen and oxygen atoms in total. The van der Waals surface area contributed by atoms with Gasteiger partial charge in [0.15, 0.2) is 5.69 Å². The van der Waals surface area contributed by atoms with Gasteiger partial charge in [-0.15, -0.1) is 10.2 Å². The maximum atomic E-state index is 12.3. The zero-order valence-electron chi connectivity index (χ0n) is 14.4. The van der Waals surface area contributed by atoms with Gasteiger partial charge in [0, 0.05) is 7.05 Å². The van der Waals surface area contributed by atoms with Crippen LogP contribution in [-0.2, 0) is 4.74 Å². The molecule has 0 bridgehead atoms. The van der Waals surface area contributed by atoms with Crippen LogP contribution in [-0.4, -0.2) is 50.1 Å². The molecule has 0 aliphatic heterocycles. The van der Waals surface area contributed by atoms with Crippen molar-refractivity contribution in [2.75, 3.05) is 19.4 Å². The van der Waals surface area contributed by atoms with Crippen molar-refractivity contribution in [3.63, 3.8) is 0 Å². The molecule has 1 amide bonds. The first kappa shape index (κ1) is 18.8. The van der Waals surface area contributed by atoms with Crippen LogP contribution in [0.2, 0.25) is 0 Å². The molecule has 0 unspecified atom stereocenters. The fraction of sp³-hybridized carbons (Fsp3) is 0.200. The molecule has 0 aliphatic carbocycles. The number of carbonyl (C=O) groups is 2. The number of nitrogens with zero attached hydrogens (tertiary/aromatic N) is 5. The van der Waals surface area contributed by atoms with Gasteiger partial charge >= 0.3 is 5.97 Å². The summed E-state index contributed by atoms with van der Waals surface area (Å²) in [5.41, 5.74) is 7.20. The first-order chi connectivity index (χ1) is 13.1. The standard InChI is InChI=1S/C15H15N7O3S2/c1-3-25-14(24)11-13(26-15-10(12(23)17-2)19-21-27-15)22(20-18-11)9-7-5-4-6-8(9)16/h4-7H,3,16H2,1-2H3,(H,17,23). The van der Waals surface area contributed by atoms with Gasteiger partial charge in [0.1, 0.15) is 9.24 Å². The Hall–Kier alpha value is -2.99. The van der Waals surface area contributed by atoms with Crippen LogP contribution < -0.4 is 11.1 Å². The number of benzene rings is 1. The average Bonchev–Trinajstić information content (AvgIpc) is 3.29. The highest BCUT2D eigenvalue weighted by atomic mass is 32.2. The van der Waals surface area contributed by atoms with Crippen molar-refractivity contribution in [3.05, 3.63) is 35.7 Å². The SMILES string of the molecule is CCOC(=O)c1nnn(-c2ccccc2N)c1Sc1snnc1C(=O)NC. The fourth-order valence-corrected chi connectivity index (χ4v) is 3.87. The number of nitrogen functional groups attached to an aromatic ring is 1. The summed E-state index contributed by atoms with van der Waals surface area (Å²) in [5, 5.41) is 14.7. The number of nitrogens with two attached hydrogens (primary N) is 1. The van der Waals surface area contributed by atoms with E-state index in [4.69, 9.17) is 10.5 Å². The number of hydrogen-bond donors (Lipinski definition) is 2. The second kappa shape index (κ2) is 8.14. The predicted octanol–water partition coefficient (Wildman–Crippen LogP) is 1.39. The molecule has 0 spiro atoms. The van der Waals surface area contributed by atoms with Crippen molar-refractivity contribution in [2.45, 2.75) is 16.2 Å². The van der Waals surface area contributed by atoms with Crippen LogP contribution >= 0.6 is 23.3 Å². The number of nitrogens with one attached hydrogen (secondary N) is 1. The highest BCUT2D eigenvalue weighted by Gasteiger charge is 2.26. The summed E-state index contributed by atoms with van der Waals surface area (Å²) in [7, 11) is 1.50. The van der Waals surface area contributed by atoms with Gasteiger partial charge in [0.2, 0.25) is 5.69 Å². The molecule has 2 aromatic heterocycles. The number of amides is 1. The highest BCUT2D eigenvalue weighted by Crippen LogP contribution is 2.36. The smallest absolute Gasteiger partial charge is 0.361 e. The van der Waals surface area contributed by atoms with E-state index in [2.05, 4.69) is 25.2 Å². The van der Waals surface area contributed by atoms with Gasteiger partial charge in [-0.1, -0.05) is 33.6 Å². The zero-order chi connectivity index (χ0) is 19.4. The van der Waals surface area contributed by atoms with Crippen molar-refractivity contribution in [1.29, 1.82) is 0 Å². The van der Waals surface area contributed by atoms with E-state index in [1.807, 2.05) is 0 Å². The molecule has 0 saturated carbocycles. The van der Waals surface area contributed by atoms with Crippen molar-refractivity contribution < 1.29 is 14.3 Å². The molecule has 3 rings (SSSR count). The average molecular weight is 405 g/mol. The molecule has 27 heavy (non-hydrogen) atoms. The Morgan fingerprint density at radius 2 is 2.07 bits per heavy atom. The van der Waals surface area contributed by atoms with Crippen molar-refractivity contribution in [3.8, 4) is 5.69 Å². The third kappa shape index (κ3) is 3.75. The van der Waals surface area contributed by atoms with E-state index in [1.54, 1.807) is 31.2 Å². The summed E-state index contributed by atoms with van der Waals surface area (Å²) in [6.45, 7) is 1.88. The maximum Gasteiger partial charge on any atom is 0.361 e. The van der Waals surface area contributed by atoms with Gasteiger partial charge in [-0.2, -0.15) is 0 Å². The molecule has 2 heterocycles. The lowest BCUT2D eigenvalue weighted by atomic mass is 10.3. The van der Waals surface area contributed by atoms with Gasteiger partial charge in [-0.3, -0.25) is 4.79 Å². The predicted molar refractivity (Wildman–Crippen MR) is 99.2 cm³/mol. The molecule has 12 heteroatoms. The van der Waals surface area contributed by atoms with E-state index in [1.165, 1.54) is 11.7 Å². The minimum Gasteiger partial charge on any atom is -0.461 e. The number of hydrogen-bond acceptors (Lipinski definition) is 10. The van der Waals surface area contributed by atoms with E-state index >= 15 is 0 Å². The number of para-hydroxylation sites is 2. The van der Waals surface area contributed by atoms with Gasteiger partial charge in [0.05, 0.1) is 18.0 Å². The van der Waals surface area contributed by atoms with Crippen LogP contribution in [0.25, 0.3) is 5.69 Å². The number of aromatic nitrogens is 5. The van der Waals surface area contributed by atoms with Gasteiger partial charge in [-0.05, 0) is 30.6 Å². The van der Waals surface area contributed by atoms with Crippen molar-refractivity contribution in [1.82, 2.24) is 29.9 Å². The summed E-state index contributed by atoms with van der Waals surface area (Å²) in [6.07, 6.45) is 0. The monoisotopic (exact) mass is 405 g/mol. The van der Waals surface area contributed by atoms with Gasteiger partial charge < -0.3 is 15.8 Å². The molecular weight excluding hydrogens is 390 g/mol. The second-order valence-corrected chi connectivity index (χ2v) is 7.04. The summed E-state index contributed by atoms with van der Waals surface area (Å²) >= 11 is 2.12. The summed E-state index contributed by atoms with van der Waals surface area (Å²) < 4.78 is 10.8. The lowest BCUT2D eigenvalue weighted by Gasteiger charge is -2.09. The van der Waals surface area contributed by atoms with Crippen molar-refractivity contribution in [2.24, 2.45) is 0 Å². The number of esters is 1. The summed E-state index contributed by atoms with van der Waals surface area (Å²) in [6, 6.07) is 7.02. The van der Waals surface area contributed by atoms with Crippen LogP contribution in [0, 0.1) is 0 Å². The summed E-state index contributed by atoms with van der Waals surface area (Å²) in [4.78, 5) is 24.3. The Labute approximate surface area is 162 Å². The molecule has 0 aliphatic rings. The normalized spacial score (nSPS) is 10.6. The quantitative estimate of drug-likeness (QED) is 0.460. The molecule has 3 N–H and O–H groups in total. The Kier molecular flexibility index (Phi) is 5.66. The first-order valence-corrected chi connectivity index (χ1v) is 9.35. The Morgan fingerprint density at radius 3 is 2.78 bits per heavy atom. The van der Waals surface area contributed by atoms with Crippen LogP contribution in [0.5, 0.6) is 0 Å². The molecule has 1 aromatic carbocycles. The third-order valence-electron chi connectivity index (χ3n) is 3.35. The highest BCUT2D eigenvalue weighted by molar-refractivity contribution is 8.01. The largest absolute Gasteiger partial charge is 0.461 e.